The summed E-state index contributed by atoms with van der Waals surface area (Å²) in [7, 11) is 1.02. The molecule has 0 aliphatic carbocycles. The first kappa shape index (κ1) is 62.5. The summed E-state index contributed by atoms with van der Waals surface area (Å²) in [6.07, 6.45) is 7.66. The number of aliphatic imine (C=N–C) groups is 3. The molecule has 21 heteroatoms. The van der Waals surface area contributed by atoms with Gasteiger partial charge >= 0.3 is 0 Å². The van der Waals surface area contributed by atoms with Gasteiger partial charge in [-0.15, -0.1) is 0 Å². The van der Waals surface area contributed by atoms with Gasteiger partial charge in [0.1, 0.15) is 35.0 Å². The molecule has 0 bridgehead atoms. The highest BCUT2D eigenvalue weighted by Crippen LogP contribution is 2.34. The van der Waals surface area contributed by atoms with Crippen LogP contribution in [-0.2, 0) is 72.4 Å². The van der Waals surface area contributed by atoms with E-state index in [9.17, 15) is 27.6 Å². The van der Waals surface area contributed by atoms with E-state index in [-0.39, 0.29) is 62.6 Å². The first-order chi connectivity index (χ1) is 68.2. The maximum Gasteiger partial charge on any atom is 0.257 e. The second-order valence-corrected chi connectivity index (χ2v) is 33.0. The number of likely N-dealkylation sites (N-methyl/N-ethyl adjacent to an activating group) is 3. The molecule has 3 amide bonds. The average Bonchev–Trinajstić information content (AvgIpc) is 0.744. The van der Waals surface area contributed by atoms with Crippen LogP contribution in [0.1, 0.15) is 200 Å². The predicted octanol–water partition coefficient (Wildman–Crippen LogP) is 15.4. The number of halogens is 3. The lowest BCUT2D eigenvalue weighted by Crippen LogP contribution is -2.44. The van der Waals surface area contributed by atoms with E-state index in [0.717, 1.165) is 142 Å². The smallest absolute Gasteiger partial charge is 0.257 e. The number of hydrogen-bond acceptors (Lipinski definition) is 15. The number of aryl methyl sites for hydroxylation is 3. The number of nitrogens with zero attached hydrogens (tertiary/aromatic N) is 9. The van der Waals surface area contributed by atoms with Gasteiger partial charge in [0.05, 0.1) is 30.6 Å². The number of fused-ring (bicyclic) bond motifs is 3. The van der Waals surface area contributed by atoms with Gasteiger partial charge in [-0.3, -0.25) is 29.4 Å². The molecule has 9 aliphatic rings. The van der Waals surface area contributed by atoms with Gasteiger partial charge in [-0.1, -0.05) is 54.6 Å². The van der Waals surface area contributed by atoms with Crippen LogP contribution in [0, 0.1) is 56.0 Å². The Kier molecular flexibility index (Phi) is 20.3. The summed E-state index contributed by atoms with van der Waals surface area (Å²) < 4.78 is 243. The largest absolute Gasteiger partial charge is 0.381 e. The van der Waals surface area contributed by atoms with E-state index < -0.39 is 77.7 Å². The van der Waals surface area contributed by atoms with Crippen LogP contribution >= 0.6 is 0 Å². The summed E-state index contributed by atoms with van der Waals surface area (Å²) in [6.45, 7) is -18.9. The Hall–Kier alpha value is -10.7. The van der Waals surface area contributed by atoms with Gasteiger partial charge in [0.15, 0.2) is 0 Å². The van der Waals surface area contributed by atoms with Gasteiger partial charge in [-0.05, 0) is 329 Å². The third kappa shape index (κ3) is 22.3. The van der Waals surface area contributed by atoms with E-state index in [1.165, 1.54) is 66.7 Å². The van der Waals surface area contributed by atoms with Crippen molar-refractivity contribution < 1.29 is 71.9 Å². The van der Waals surface area contributed by atoms with Crippen molar-refractivity contribution in [1.29, 1.82) is 0 Å². The fraction of sp³-hybridized carbons (Fsp3) is 0.412. The molecule has 18 nitrogen and oxygen atoms in total. The second-order valence-electron chi connectivity index (χ2n) is 33.0. The number of rotatable bonds is 18. The third-order valence-electron chi connectivity index (χ3n) is 23.7. The number of carbonyl (C=O) groups is 3. The van der Waals surface area contributed by atoms with Crippen LogP contribution in [0.3, 0.4) is 0 Å². The zero-order valence-electron chi connectivity index (χ0n) is 91.6. The Morgan fingerprint density at radius 1 is 0.374 bits per heavy atom. The molecule has 0 unspecified atom stereocenters. The quantitative estimate of drug-likeness (QED) is 0.0744. The topological polar surface area (TPSA) is 172 Å². The van der Waals surface area contributed by atoms with Crippen LogP contribution in [0.25, 0.3) is 0 Å². The standard InChI is InChI=1S/3C34H39FN4O2/c3*1-23-15-26(19-29(35)16-23)17-25-3-4-27-22-36-33(32(27)20-25)37-34(40)31-6-5-30(39-11-9-38(2)10-12-39)21-28(31)18-24-7-13-41-14-8-24/h3*3-6,15-16,19-21,24H,7-14,17-18,22H2,1-2H3,(H,36,37,40)/i2D3,9D2,10D2,11D2,12D2;9D2,10D2,11D2,12D2;2D3. The Labute approximate surface area is 753 Å². The van der Waals surface area contributed by atoms with Crippen molar-refractivity contribution in [3.63, 3.8) is 0 Å². The lowest BCUT2D eigenvalue weighted by molar-refractivity contribution is 0.0663. The normalized spacial score (nSPS) is 24.0. The van der Waals surface area contributed by atoms with E-state index in [0.29, 0.717) is 178 Å². The van der Waals surface area contributed by atoms with Crippen LogP contribution in [0.5, 0.6) is 0 Å². The Morgan fingerprint density at radius 3 is 1.01 bits per heavy atom. The minimum Gasteiger partial charge on any atom is -0.381 e. The highest BCUT2D eigenvalue weighted by atomic mass is 19.1. The summed E-state index contributed by atoms with van der Waals surface area (Å²) in [4.78, 5) is 60.2. The van der Waals surface area contributed by atoms with Crippen LogP contribution in [-0.4, -0.2) is 189 Å². The average molecular weight is 1690 g/mol. The maximum atomic E-state index is 14.1. The molecular weight excluding hydrogens is 1550 g/mol. The molecule has 642 valence electrons. The van der Waals surface area contributed by atoms with Crippen LogP contribution in [0.4, 0.5) is 30.2 Å². The minimum absolute atomic E-state index is 0.0351. The number of piperazine rings is 3. The van der Waals surface area contributed by atoms with Crippen molar-refractivity contribution in [2.24, 2.45) is 32.7 Å². The first-order valence-corrected chi connectivity index (χ1v) is 42.2. The van der Waals surface area contributed by atoms with Gasteiger partial charge < -0.3 is 59.6 Å². The molecule has 9 aliphatic heterocycles. The Bertz CT molecular complexity index is 6380. The zero-order valence-corrected chi connectivity index (χ0v) is 69.6. The molecule has 9 aromatic rings. The van der Waals surface area contributed by atoms with Gasteiger partial charge in [0.25, 0.3) is 17.7 Å². The van der Waals surface area contributed by atoms with E-state index in [4.69, 9.17) is 44.4 Å². The fourth-order valence-corrected chi connectivity index (χ4v) is 17.3. The summed E-state index contributed by atoms with van der Waals surface area (Å²) in [5.74, 6) is -0.223. The van der Waals surface area contributed by atoms with Crippen molar-refractivity contribution >= 4 is 52.3 Å². The number of carbonyl (C=O) groups excluding carboxylic acids is 3. The number of nitrogens with one attached hydrogen (secondary N) is 3. The highest BCUT2D eigenvalue weighted by Gasteiger charge is 2.30. The molecule has 0 saturated carbocycles. The van der Waals surface area contributed by atoms with Gasteiger partial charge in [0, 0.05) is 187 Å². The number of anilines is 3. The van der Waals surface area contributed by atoms with Crippen molar-refractivity contribution in [2.45, 2.75) is 117 Å². The van der Waals surface area contributed by atoms with E-state index >= 15 is 0 Å². The molecule has 18 rings (SSSR count). The molecule has 6 saturated heterocycles. The molecule has 0 radical (unpaired) electrons. The van der Waals surface area contributed by atoms with Crippen molar-refractivity contribution in [1.82, 2.24) is 30.7 Å². The number of ether oxygens (including phenoxy) is 3. The van der Waals surface area contributed by atoms with Gasteiger partial charge in [0.2, 0.25) is 0 Å². The van der Waals surface area contributed by atoms with Crippen molar-refractivity contribution in [3.05, 3.63) is 298 Å². The Morgan fingerprint density at radius 2 is 0.691 bits per heavy atom. The van der Waals surface area contributed by atoms with E-state index in [1.54, 1.807) is 11.0 Å². The summed E-state index contributed by atoms with van der Waals surface area (Å²) >= 11 is 0. The predicted molar refractivity (Wildman–Crippen MR) is 484 cm³/mol. The second kappa shape index (κ2) is 39.9. The number of amidine groups is 3. The van der Waals surface area contributed by atoms with E-state index in [1.807, 2.05) is 106 Å². The van der Waals surface area contributed by atoms with Crippen LogP contribution in [0.2, 0.25) is 0 Å². The highest BCUT2D eigenvalue weighted by molar-refractivity contribution is 6.16. The molecule has 0 aromatic heterocycles. The van der Waals surface area contributed by atoms with E-state index in [2.05, 4.69) is 41.9 Å². The fourth-order valence-electron chi connectivity index (χ4n) is 17.3. The maximum absolute atomic E-state index is 14.1. The summed E-state index contributed by atoms with van der Waals surface area (Å²) in [6, 6.07) is 46.7. The lowest BCUT2D eigenvalue weighted by Gasteiger charge is -2.34. The molecule has 9 heterocycles. The zero-order chi connectivity index (χ0) is 104. The SMILES string of the molecule is [2H]C([2H])([2H])N1C([2H])([2H])C([2H])([2H])N(c2ccc(C(=O)NC3=NCc4ccc(Cc5cc(C)cc(F)c5)cc43)c(CC3CCOCC3)c2)C([2H])([2H])C1([2H])[2H].[2H]C([2H])([2H])N1CCN(c2ccc(C(=O)NC3=NCc4ccc(Cc5cc(C)cc(F)c5)cc43)c(CC3CCOCC3)c2)CC1.[2H]C1([2H])N(C)C([2H])([2H])C([2H])([2H])N(c2ccc(C(=O)NC3=NCc4ccc(Cc5cc(C)cc(F)c5)cc43)c(CC3CCOCC3)c2)C1([2H])[2H]. The molecule has 123 heavy (non-hydrogen) atoms. The molecule has 3 N–H and O–H groups in total. The number of hydrogen-bond donors (Lipinski definition) is 3. The summed E-state index contributed by atoms with van der Waals surface area (Å²) in [5.41, 5.74) is 16.7. The minimum atomic E-state index is -3.54. The van der Waals surface area contributed by atoms with Crippen LogP contribution < -0.4 is 30.7 Å². The molecule has 0 atom stereocenters. The number of benzene rings is 9. The van der Waals surface area contributed by atoms with Gasteiger partial charge in [-0.2, -0.15) is 0 Å². The van der Waals surface area contributed by atoms with Gasteiger partial charge in [-0.25, -0.2) is 13.2 Å². The molecule has 6 fully saturated rings. The Balaban J connectivity index is 0.000000156. The monoisotopic (exact) mass is 1690 g/mol. The molecule has 0 spiro atoms. The third-order valence-corrected chi connectivity index (χ3v) is 23.7. The molecular formula is C102H117F3N12O6. The first-order valence-electron chi connectivity index (χ1n) is 53.2. The number of amides is 3. The van der Waals surface area contributed by atoms with Crippen molar-refractivity contribution in [3.8, 4) is 0 Å². The summed E-state index contributed by atoms with van der Waals surface area (Å²) in [5, 5.41) is 8.94. The lowest BCUT2D eigenvalue weighted by atomic mass is 9.89. The van der Waals surface area contributed by atoms with Crippen LogP contribution in [0.15, 0.2) is 179 Å². The molecule has 9 aromatic carbocycles. The van der Waals surface area contributed by atoms with Crippen molar-refractivity contribution in [2.75, 3.05) is 153 Å².